The van der Waals surface area contributed by atoms with Gasteiger partial charge in [0.1, 0.15) is 0 Å². The summed E-state index contributed by atoms with van der Waals surface area (Å²) in [5, 5.41) is 9.85. The lowest BCUT2D eigenvalue weighted by Crippen LogP contribution is -2.62. The van der Waals surface area contributed by atoms with E-state index in [-0.39, 0.29) is 6.04 Å². The quantitative estimate of drug-likeness (QED) is 0.859. The average Bonchev–Trinajstić information content (AvgIpc) is 2.68. The zero-order valence-electron chi connectivity index (χ0n) is 14.4. The molecule has 0 amide bonds. The molecule has 6 nitrogen and oxygen atoms in total. The van der Waals surface area contributed by atoms with Gasteiger partial charge in [0.2, 0.25) is 0 Å². The number of hydrogen-bond acceptors (Lipinski definition) is 5. The summed E-state index contributed by atoms with van der Waals surface area (Å²) in [4.78, 5) is 20.5. The van der Waals surface area contributed by atoms with Crippen LogP contribution < -0.4 is 10.6 Å². The third-order valence-corrected chi connectivity index (χ3v) is 5.15. The molecule has 6 heteroatoms. The van der Waals surface area contributed by atoms with Crippen molar-refractivity contribution >= 4 is 11.7 Å². The van der Waals surface area contributed by atoms with Gasteiger partial charge in [0, 0.05) is 50.3 Å². The standard InChI is InChI=1S/C19H24N4O2/c1-15(19(20,18(24)25)16-5-3-2-4-6-16)22-11-13-23(14-12-22)17-7-9-21-10-8-17/h2-10,15H,11-14,20H2,1H3,(H,24,25). The Morgan fingerprint density at radius 1 is 1.12 bits per heavy atom. The smallest absolute Gasteiger partial charge is 0.329 e. The van der Waals surface area contributed by atoms with Crippen LogP contribution in [-0.4, -0.2) is 53.2 Å². The fourth-order valence-corrected chi connectivity index (χ4v) is 3.47. The summed E-state index contributed by atoms with van der Waals surface area (Å²) in [7, 11) is 0. The average molecular weight is 340 g/mol. The maximum Gasteiger partial charge on any atom is 0.329 e. The van der Waals surface area contributed by atoms with Gasteiger partial charge in [0.25, 0.3) is 0 Å². The van der Waals surface area contributed by atoms with E-state index >= 15 is 0 Å². The van der Waals surface area contributed by atoms with Crippen LogP contribution in [0.1, 0.15) is 12.5 Å². The predicted octanol–water partition coefficient (Wildman–Crippen LogP) is 1.53. The van der Waals surface area contributed by atoms with Crippen LogP contribution in [-0.2, 0) is 10.3 Å². The zero-order chi connectivity index (χ0) is 17.9. The lowest BCUT2D eigenvalue weighted by molar-refractivity contribution is -0.146. The third kappa shape index (κ3) is 3.36. The van der Waals surface area contributed by atoms with E-state index in [0.717, 1.165) is 31.9 Å². The Labute approximate surface area is 147 Å². The van der Waals surface area contributed by atoms with Crippen molar-refractivity contribution in [3.05, 3.63) is 60.4 Å². The molecule has 1 aromatic heterocycles. The Hall–Kier alpha value is -2.44. The summed E-state index contributed by atoms with van der Waals surface area (Å²) in [6.45, 7) is 5.10. The minimum atomic E-state index is -1.43. The summed E-state index contributed by atoms with van der Waals surface area (Å²) < 4.78 is 0. The Morgan fingerprint density at radius 2 is 1.72 bits per heavy atom. The molecule has 2 unspecified atom stereocenters. The molecule has 0 saturated carbocycles. The number of anilines is 1. The van der Waals surface area contributed by atoms with Crippen LogP contribution in [0.3, 0.4) is 0 Å². The van der Waals surface area contributed by atoms with Crippen LogP contribution in [0.2, 0.25) is 0 Å². The Kier molecular flexibility index (Phi) is 5.01. The molecule has 1 aliphatic heterocycles. The number of piperazine rings is 1. The number of carboxylic acids is 1. The molecule has 0 bridgehead atoms. The highest BCUT2D eigenvalue weighted by Crippen LogP contribution is 2.28. The van der Waals surface area contributed by atoms with E-state index in [2.05, 4.69) is 14.8 Å². The van der Waals surface area contributed by atoms with Gasteiger partial charge in [-0.2, -0.15) is 0 Å². The van der Waals surface area contributed by atoms with Gasteiger partial charge in [0.15, 0.2) is 5.54 Å². The van der Waals surface area contributed by atoms with E-state index in [0.29, 0.717) is 5.56 Å². The molecule has 0 spiro atoms. The van der Waals surface area contributed by atoms with Gasteiger partial charge < -0.3 is 15.7 Å². The molecule has 25 heavy (non-hydrogen) atoms. The van der Waals surface area contributed by atoms with Gasteiger partial charge >= 0.3 is 5.97 Å². The van der Waals surface area contributed by atoms with Crippen molar-refractivity contribution in [2.75, 3.05) is 31.1 Å². The number of benzene rings is 1. The van der Waals surface area contributed by atoms with Gasteiger partial charge in [-0.05, 0) is 24.6 Å². The fraction of sp³-hybridized carbons (Fsp3) is 0.368. The van der Waals surface area contributed by atoms with Gasteiger partial charge in [-0.3, -0.25) is 9.88 Å². The van der Waals surface area contributed by atoms with Crippen molar-refractivity contribution in [3.63, 3.8) is 0 Å². The molecule has 3 N–H and O–H groups in total. The zero-order valence-corrected chi connectivity index (χ0v) is 14.4. The molecule has 1 aliphatic rings. The number of carbonyl (C=O) groups is 1. The highest BCUT2D eigenvalue weighted by Gasteiger charge is 2.44. The molecular formula is C19H24N4O2. The topological polar surface area (TPSA) is 82.7 Å². The third-order valence-electron chi connectivity index (χ3n) is 5.15. The molecule has 0 aliphatic carbocycles. The SMILES string of the molecule is CC(N1CCN(c2ccncc2)CC1)C(N)(C(=O)O)c1ccccc1. The van der Waals surface area contributed by atoms with Crippen molar-refractivity contribution in [1.82, 2.24) is 9.88 Å². The summed E-state index contributed by atoms with van der Waals surface area (Å²) in [5.74, 6) is -0.997. The normalized spacial score (nSPS) is 19.2. The van der Waals surface area contributed by atoms with Crippen LogP contribution in [0.25, 0.3) is 0 Å². The molecule has 2 heterocycles. The first kappa shape index (κ1) is 17.4. The van der Waals surface area contributed by atoms with E-state index in [1.807, 2.05) is 37.3 Å². The summed E-state index contributed by atoms with van der Waals surface area (Å²) >= 11 is 0. The number of nitrogens with zero attached hydrogens (tertiary/aromatic N) is 3. The van der Waals surface area contributed by atoms with Crippen molar-refractivity contribution in [3.8, 4) is 0 Å². The highest BCUT2D eigenvalue weighted by atomic mass is 16.4. The molecular weight excluding hydrogens is 316 g/mol. The first-order valence-corrected chi connectivity index (χ1v) is 8.50. The minimum absolute atomic E-state index is 0.313. The predicted molar refractivity (Wildman–Crippen MR) is 97.4 cm³/mol. The maximum absolute atomic E-state index is 12.0. The van der Waals surface area contributed by atoms with Crippen LogP contribution in [0.4, 0.5) is 5.69 Å². The number of aliphatic carboxylic acids is 1. The van der Waals surface area contributed by atoms with Crippen LogP contribution in [0.15, 0.2) is 54.9 Å². The van der Waals surface area contributed by atoms with E-state index < -0.39 is 11.5 Å². The van der Waals surface area contributed by atoms with Gasteiger partial charge in [-0.15, -0.1) is 0 Å². The van der Waals surface area contributed by atoms with E-state index in [1.54, 1.807) is 24.5 Å². The van der Waals surface area contributed by atoms with Crippen LogP contribution in [0.5, 0.6) is 0 Å². The molecule has 0 radical (unpaired) electrons. The number of carboxylic acid groups (broad SMARTS) is 1. The van der Waals surface area contributed by atoms with E-state index in [9.17, 15) is 9.90 Å². The maximum atomic E-state index is 12.0. The highest BCUT2D eigenvalue weighted by molar-refractivity contribution is 5.81. The molecule has 1 saturated heterocycles. The Bertz CT molecular complexity index is 702. The lowest BCUT2D eigenvalue weighted by atomic mass is 9.83. The van der Waals surface area contributed by atoms with Crippen molar-refractivity contribution < 1.29 is 9.90 Å². The van der Waals surface area contributed by atoms with Crippen LogP contribution >= 0.6 is 0 Å². The number of aromatic nitrogens is 1. The summed E-state index contributed by atoms with van der Waals surface area (Å²) in [5.41, 5.74) is 6.76. The van der Waals surface area contributed by atoms with E-state index in [1.165, 1.54) is 0 Å². The van der Waals surface area contributed by atoms with Crippen molar-refractivity contribution in [1.29, 1.82) is 0 Å². The lowest BCUT2D eigenvalue weighted by Gasteiger charge is -2.44. The van der Waals surface area contributed by atoms with Gasteiger partial charge in [-0.1, -0.05) is 30.3 Å². The summed E-state index contributed by atoms with van der Waals surface area (Å²) in [6, 6.07) is 12.8. The van der Waals surface area contributed by atoms with Gasteiger partial charge in [-0.25, -0.2) is 4.79 Å². The number of pyridine rings is 1. The minimum Gasteiger partial charge on any atom is -0.480 e. The van der Waals surface area contributed by atoms with Gasteiger partial charge in [0.05, 0.1) is 0 Å². The van der Waals surface area contributed by atoms with E-state index in [4.69, 9.17) is 5.73 Å². The van der Waals surface area contributed by atoms with Crippen molar-refractivity contribution in [2.24, 2.45) is 5.73 Å². The molecule has 1 fully saturated rings. The van der Waals surface area contributed by atoms with Crippen LogP contribution in [0, 0.1) is 0 Å². The monoisotopic (exact) mass is 340 g/mol. The first-order chi connectivity index (χ1) is 12.0. The molecule has 132 valence electrons. The Balaban J connectivity index is 1.74. The number of hydrogen-bond donors (Lipinski definition) is 2. The second-order valence-electron chi connectivity index (χ2n) is 6.44. The number of rotatable bonds is 5. The van der Waals surface area contributed by atoms with Crippen molar-refractivity contribution in [2.45, 2.75) is 18.5 Å². The first-order valence-electron chi connectivity index (χ1n) is 8.50. The fourth-order valence-electron chi connectivity index (χ4n) is 3.47. The second kappa shape index (κ2) is 7.21. The second-order valence-corrected chi connectivity index (χ2v) is 6.44. The molecule has 3 rings (SSSR count). The molecule has 2 aromatic rings. The Morgan fingerprint density at radius 3 is 2.28 bits per heavy atom. The largest absolute Gasteiger partial charge is 0.480 e. The molecule has 1 aromatic carbocycles. The molecule has 2 atom stereocenters. The summed E-state index contributed by atoms with van der Waals surface area (Å²) in [6.07, 6.45) is 3.57. The number of nitrogens with two attached hydrogens (primary N) is 1.